The maximum atomic E-state index is 15.8. The quantitative estimate of drug-likeness (QED) is 0.161. The van der Waals surface area contributed by atoms with Crippen molar-refractivity contribution in [3.05, 3.63) is 144 Å². The van der Waals surface area contributed by atoms with Crippen LogP contribution < -0.4 is 0 Å². The summed E-state index contributed by atoms with van der Waals surface area (Å²) in [7, 11) is -8.69. The first-order valence-corrected chi connectivity index (χ1v) is 30.3. The minimum absolute atomic E-state index is 0.266. The van der Waals surface area contributed by atoms with E-state index in [0.717, 1.165) is 0 Å². The first-order valence-electron chi connectivity index (χ1n) is 19.1. The molecule has 0 saturated carbocycles. The summed E-state index contributed by atoms with van der Waals surface area (Å²) in [6, 6.07) is 34.6. The Bertz CT molecular complexity index is 1760. The Hall–Kier alpha value is -3.08. The molecule has 56 heavy (non-hydrogen) atoms. The van der Waals surface area contributed by atoms with E-state index in [0.29, 0.717) is 0 Å². The molecule has 296 valence electrons. The van der Waals surface area contributed by atoms with Crippen molar-refractivity contribution < 1.29 is 33.0 Å². The molecule has 1 saturated heterocycles. The van der Waals surface area contributed by atoms with Crippen LogP contribution in [0.4, 0.5) is 0 Å². The van der Waals surface area contributed by atoms with E-state index in [1.807, 2.05) is 83.1 Å². The fourth-order valence-corrected chi connectivity index (χ4v) is 58.3. The molecule has 0 N–H and O–H groups in total. The molecule has 0 aliphatic carbocycles. The second-order valence-corrected chi connectivity index (χ2v) is 42.1. The predicted octanol–water partition coefficient (Wildman–Crippen LogP) is 10.7. The zero-order chi connectivity index (χ0) is 41.6. The van der Waals surface area contributed by atoms with Crippen LogP contribution in [-0.2, 0) is 13.8 Å². The third-order valence-corrected chi connectivity index (χ3v) is 42.6. The third kappa shape index (κ3) is 7.63. The number of hydrogen-bond acceptors (Lipinski definition) is 8. The first-order chi connectivity index (χ1) is 25.9. The average Bonchev–Trinajstić information content (AvgIpc) is 3.13. The Morgan fingerprint density at radius 1 is 0.339 bits per heavy atom. The van der Waals surface area contributed by atoms with Crippen molar-refractivity contribution in [2.45, 2.75) is 103 Å². The van der Waals surface area contributed by atoms with Crippen molar-refractivity contribution in [1.29, 1.82) is 0 Å². The monoisotopic (exact) mass is 916 g/mol. The van der Waals surface area contributed by atoms with E-state index in [-0.39, 0.29) is 22.3 Å². The molecule has 1 heterocycles. The Kier molecular flexibility index (Phi) is 12.3. The van der Waals surface area contributed by atoms with Gasteiger partial charge in [-0.25, -0.2) is 0 Å². The van der Waals surface area contributed by atoms with Gasteiger partial charge in [0.05, 0.1) is 0 Å². The summed E-state index contributed by atoms with van der Waals surface area (Å²) in [5.74, 6) is 0. The van der Waals surface area contributed by atoms with Gasteiger partial charge in [0, 0.05) is 0 Å². The van der Waals surface area contributed by atoms with Gasteiger partial charge in [-0.3, -0.25) is 0 Å². The Morgan fingerprint density at radius 2 is 0.500 bits per heavy atom. The molecule has 5 rings (SSSR count). The van der Waals surface area contributed by atoms with E-state index in [1.54, 1.807) is 121 Å². The standard InChI is InChI=1S/C44H56Ge2O8Si2/c1-41(2,3)55(42(4,5)6)51-45(37(47)33-25-17-13-18-26-33,38(48)34-27-19-14-20-28-34)53-56(43(7,8)9,44(10,11)12)54-46(52-55,39(49)35-29-21-15-22-30-35)40(50)36-31-23-16-24-32-36/h13-32H,1-12H3. The number of carbonyl (C=O) groups excluding carboxylic acids is 4. The zero-order valence-electron chi connectivity index (χ0n) is 34.8. The number of carbonyl (C=O) groups is 4. The summed E-state index contributed by atoms with van der Waals surface area (Å²) >= 11 is -11.8. The topological polar surface area (TPSA) is 105 Å². The van der Waals surface area contributed by atoms with Gasteiger partial charge in [0.25, 0.3) is 0 Å². The second-order valence-electron chi connectivity index (χ2n) is 18.7. The van der Waals surface area contributed by atoms with Gasteiger partial charge < -0.3 is 0 Å². The van der Waals surface area contributed by atoms with Crippen LogP contribution in [0.25, 0.3) is 0 Å². The van der Waals surface area contributed by atoms with Crippen molar-refractivity contribution in [1.82, 2.24) is 0 Å². The van der Waals surface area contributed by atoms with Gasteiger partial charge in [0.1, 0.15) is 0 Å². The molecule has 0 bridgehead atoms. The average molecular weight is 914 g/mol. The predicted molar refractivity (Wildman–Crippen MR) is 229 cm³/mol. The molecule has 0 amide bonds. The van der Waals surface area contributed by atoms with Gasteiger partial charge in [0.2, 0.25) is 0 Å². The fourth-order valence-electron chi connectivity index (χ4n) is 8.06. The van der Waals surface area contributed by atoms with Crippen LogP contribution in [0.15, 0.2) is 121 Å². The van der Waals surface area contributed by atoms with Crippen LogP contribution in [0.1, 0.15) is 125 Å². The van der Waals surface area contributed by atoms with Gasteiger partial charge in [-0.1, -0.05) is 0 Å². The van der Waals surface area contributed by atoms with Crippen molar-refractivity contribution >= 4 is 63.5 Å². The van der Waals surface area contributed by atoms with Crippen LogP contribution in [0.3, 0.4) is 0 Å². The molecule has 12 heteroatoms. The zero-order valence-corrected chi connectivity index (χ0v) is 41.0. The van der Waals surface area contributed by atoms with E-state index in [4.69, 9.17) is 13.8 Å². The molecule has 4 aromatic rings. The van der Waals surface area contributed by atoms with E-state index in [1.165, 1.54) is 0 Å². The first kappa shape index (κ1) is 44.0. The van der Waals surface area contributed by atoms with Crippen molar-refractivity contribution in [2.75, 3.05) is 0 Å². The van der Waals surface area contributed by atoms with E-state index in [2.05, 4.69) is 0 Å². The second kappa shape index (κ2) is 15.6. The molecule has 4 aromatic carbocycles. The van der Waals surface area contributed by atoms with Gasteiger partial charge >= 0.3 is 343 Å². The number of rotatable bonds is 8. The van der Waals surface area contributed by atoms with E-state index < -0.39 is 83.6 Å². The van der Waals surface area contributed by atoms with Crippen molar-refractivity contribution in [3.8, 4) is 0 Å². The fraction of sp³-hybridized carbons (Fsp3) is 0.364. The summed E-state index contributed by atoms with van der Waals surface area (Å²) in [5.41, 5.74) is 1.06. The van der Waals surface area contributed by atoms with E-state index in [9.17, 15) is 0 Å². The molecule has 1 aliphatic rings. The SMILES string of the molecule is CC(C)(C)[Si]1(C(C)(C)C)[O][Ge]([C](=O)c2ccccc2)([C](=O)c2ccccc2)[O][Si](C(C)(C)C)(C(C)(C)C)[O][Ge]([C](=O)c2ccccc2)([C](=O)c2ccccc2)[O]1. The van der Waals surface area contributed by atoms with Gasteiger partial charge in [-0.05, 0) is 0 Å². The number of hydrogen-bond donors (Lipinski definition) is 0. The third-order valence-electron chi connectivity index (χ3n) is 10.4. The van der Waals surface area contributed by atoms with Gasteiger partial charge in [-0.15, -0.1) is 0 Å². The summed E-state index contributed by atoms with van der Waals surface area (Å²) in [5, 5.41) is -3.84. The van der Waals surface area contributed by atoms with Crippen molar-refractivity contribution in [2.24, 2.45) is 0 Å². The molecule has 0 aromatic heterocycles. The normalized spacial score (nSPS) is 18.2. The molecular weight excluding hydrogens is 858 g/mol. The van der Waals surface area contributed by atoms with E-state index >= 15 is 19.2 Å². The van der Waals surface area contributed by atoms with Crippen LogP contribution in [0, 0.1) is 0 Å². The summed E-state index contributed by atoms with van der Waals surface area (Å²) in [6.45, 7) is 23.2. The maximum absolute atomic E-state index is 15.8. The van der Waals surface area contributed by atoms with Gasteiger partial charge in [0.15, 0.2) is 0 Å². The summed E-state index contributed by atoms with van der Waals surface area (Å²) < 4.78 is 29.0. The minimum atomic E-state index is -5.89. The van der Waals surface area contributed by atoms with Gasteiger partial charge in [-0.2, -0.15) is 0 Å². The molecular formula is C44H56Ge2O8Si2. The molecule has 1 fully saturated rings. The molecule has 0 spiro atoms. The number of benzene rings is 4. The Labute approximate surface area is 341 Å². The van der Waals surface area contributed by atoms with Crippen molar-refractivity contribution in [3.63, 3.8) is 0 Å². The Balaban J connectivity index is 2.06. The molecule has 0 unspecified atom stereocenters. The summed E-state index contributed by atoms with van der Waals surface area (Å²) in [4.78, 5) is 63.1. The molecule has 8 nitrogen and oxygen atoms in total. The van der Waals surface area contributed by atoms with Crippen LogP contribution in [0.2, 0.25) is 20.2 Å². The van der Waals surface area contributed by atoms with Crippen LogP contribution in [0.5, 0.6) is 0 Å². The molecule has 1 aliphatic heterocycles. The Morgan fingerprint density at radius 3 is 0.643 bits per heavy atom. The molecule has 0 atom stereocenters. The summed E-state index contributed by atoms with van der Waals surface area (Å²) in [6.07, 6.45) is 0. The van der Waals surface area contributed by atoms with Crippen LogP contribution in [-0.4, -0.2) is 63.5 Å². The molecule has 0 radical (unpaired) electrons. The van der Waals surface area contributed by atoms with Crippen LogP contribution >= 0.6 is 0 Å².